The van der Waals surface area contributed by atoms with Crippen molar-refractivity contribution in [3.05, 3.63) is 35.4 Å². The van der Waals surface area contributed by atoms with Gasteiger partial charge in [0.05, 0.1) is 5.69 Å². The highest BCUT2D eigenvalue weighted by atomic mass is 19.4. The highest BCUT2D eigenvalue weighted by Crippen LogP contribution is 2.43. The van der Waals surface area contributed by atoms with E-state index in [9.17, 15) is 22.0 Å². The summed E-state index contributed by atoms with van der Waals surface area (Å²) in [6.45, 7) is 5.49. The van der Waals surface area contributed by atoms with Crippen molar-refractivity contribution in [2.24, 2.45) is 5.41 Å². The molecule has 3 aromatic rings. The van der Waals surface area contributed by atoms with Gasteiger partial charge in [-0.05, 0) is 50.7 Å². The maximum atomic E-state index is 13.2. The molecule has 2 saturated heterocycles. The molecule has 0 atom stereocenters. The van der Waals surface area contributed by atoms with Crippen LogP contribution >= 0.6 is 0 Å². The van der Waals surface area contributed by atoms with Crippen LogP contribution in [0.15, 0.2) is 18.2 Å². The van der Waals surface area contributed by atoms with Gasteiger partial charge in [0.25, 0.3) is 6.43 Å². The lowest BCUT2D eigenvalue weighted by atomic mass is 9.78. The number of fused-ring (bicyclic) bond motifs is 1. The second-order valence-corrected chi connectivity index (χ2v) is 9.51. The fourth-order valence-electron chi connectivity index (χ4n) is 5.24. The van der Waals surface area contributed by atoms with Gasteiger partial charge in [-0.2, -0.15) is 18.3 Å². The zero-order valence-electron chi connectivity index (χ0n) is 19.5. The van der Waals surface area contributed by atoms with Crippen LogP contribution in [0.2, 0.25) is 0 Å². The van der Waals surface area contributed by atoms with E-state index in [0.29, 0.717) is 30.2 Å². The summed E-state index contributed by atoms with van der Waals surface area (Å²) in [5.41, 5.74) is 0.189. The van der Waals surface area contributed by atoms with Gasteiger partial charge in [0.2, 0.25) is 0 Å². The molecule has 0 bridgehead atoms. The van der Waals surface area contributed by atoms with Crippen LogP contribution in [0.1, 0.15) is 36.5 Å². The summed E-state index contributed by atoms with van der Waals surface area (Å²) in [6.07, 6.45) is -4.45. The van der Waals surface area contributed by atoms with E-state index in [4.69, 9.17) is 0 Å². The molecule has 0 unspecified atom stereocenters. The van der Waals surface area contributed by atoms with E-state index >= 15 is 0 Å². The predicted molar refractivity (Wildman–Crippen MR) is 121 cm³/mol. The number of pyridine rings is 1. The Labute approximate surface area is 199 Å². The van der Waals surface area contributed by atoms with Crippen LogP contribution < -0.4 is 9.80 Å². The monoisotopic (exact) mass is 495 g/mol. The van der Waals surface area contributed by atoms with Crippen molar-refractivity contribution in [3.8, 4) is 0 Å². The van der Waals surface area contributed by atoms with Gasteiger partial charge in [0.1, 0.15) is 29.7 Å². The Morgan fingerprint density at radius 1 is 0.943 bits per heavy atom. The molecule has 0 aromatic carbocycles. The summed E-state index contributed by atoms with van der Waals surface area (Å²) in [6, 6.07) is 4.80. The number of aromatic nitrogens is 5. The Balaban J connectivity index is 1.30. The first-order chi connectivity index (χ1) is 16.5. The molecular formula is C23H26F5N7. The number of rotatable bonds is 4. The minimum atomic E-state index is -4.51. The highest BCUT2D eigenvalue weighted by Gasteiger charge is 2.42. The molecule has 7 nitrogen and oxygen atoms in total. The van der Waals surface area contributed by atoms with Gasteiger partial charge in [0.15, 0.2) is 5.65 Å². The normalized spacial score (nSPS) is 18.4. The number of piperidine rings is 1. The van der Waals surface area contributed by atoms with Crippen LogP contribution in [0.4, 0.5) is 33.6 Å². The van der Waals surface area contributed by atoms with Crippen LogP contribution in [0, 0.1) is 19.3 Å². The fourth-order valence-corrected chi connectivity index (χ4v) is 5.24. The number of alkyl halides is 5. The Bertz CT molecular complexity index is 1230. The van der Waals surface area contributed by atoms with Crippen LogP contribution in [-0.2, 0) is 12.7 Å². The molecule has 3 aromatic heterocycles. The molecule has 35 heavy (non-hydrogen) atoms. The molecule has 188 valence electrons. The maximum Gasteiger partial charge on any atom is 0.433 e. The van der Waals surface area contributed by atoms with Gasteiger partial charge in [-0.15, -0.1) is 0 Å². The second-order valence-electron chi connectivity index (χ2n) is 9.51. The van der Waals surface area contributed by atoms with Gasteiger partial charge in [-0.3, -0.25) is 0 Å². The predicted octanol–water partition coefficient (Wildman–Crippen LogP) is 4.62. The van der Waals surface area contributed by atoms with Crippen molar-refractivity contribution in [1.82, 2.24) is 24.7 Å². The second kappa shape index (κ2) is 8.56. The van der Waals surface area contributed by atoms with Gasteiger partial charge < -0.3 is 9.80 Å². The lowest BCUT2D eigenvalue weighted by Crippen LogP contribution is -2.42. The number of halogens is 5. The van der Waals surface area contributed by atoms with E-state index in [1.54, 1.807) is 6.92 Å². The van der Waals surface area contributed by atoms with Crippen molar-refractivity contribution in [2.45, 2.75) is 52.3 Å². The van der Waals surface area contributed by atoms with E-state index in [-0.39, 0.29) is 11.2 Å². The molecule has 5 heterocycles. The highest BCUT2D eigenvalue weighted by molar-refractivity contribution is 5.80. The van der Waals surface area contributed by atoms with E-state index in [0.717, 1.165) is 49.6 Å². The number of hydrogen-bond donors (Lipinski definition) is 0. The summed E-state index contributed by atoms with van der Waals surface area (Å²) < 4.78 is 66.8. The Kier molecular flexibility index (Phi) is 5.79. The summed E-state index contributed by atoms with van der Waals surface area (Å²) >= 11 is 0. The molecule has 2 fully saturated rings. The van der Waals surface area contributed by atoms with E-state index in [2.05, 4.69) is 25.0 Å². The van der Waals surface area contributed by atoms with Gasteiger partial charge in [0, 0.05) is 37.6 Å². The number of anilines is 2. The zero-order valence-corrected chi connectivity index (χ0v) is 19.5. The molecule has 0 radical (unpaired) electrons. The third-order valence-corrected chi connectivity index (χ3v) is 7.10. The van der Waals surface area contributed by atoms with E-state index in [1.807, 2.05) is 17.0 Å². The summed E-state index contributed by atoms with van der Waals surface area (Å²) in [5, 5.41) is 4.97. The topological polar surface area (TPSA) is 63.0 Å². The Morgan fingerprint density at radius 2 is 1.63 bits per heavy atom. The van der Waals surface area contributed by atoms with Crippen LogP contribution in [0.3, 0.4) is 0 Å². The van der Waals surface area contributed by atoms with Crippen LogP contribution in [0.5, 0.6) is 0 Å². The van der Waals surface area contributed by atoms with Crippen LogP contribution in [0.25, 0.3) is 11.0 Å². The van der Waals surface area contributed by atoms with E-state index in [1.165, 1.54) is 11.6 Å². The molecule has 0 amide bonds. The van der Waals surface area contributed by atoms with Crippen molar-refractivity contribution < 1.29 is 22.0 Å². The van der Waals surface area contributed by atoms with Crippen LogP contribution in [-0.4, -0.2) is 57.3 Å². The fraction of sp³-hybridized carbons (Fsp3) is 0.565. The van der Waals surface area contributed by atoms with Gasteiger partial charge in [-0.25, -0.2) is 28.4 Å². The standard InChI is InChI=1S/C23H26F5N7/c1-14-16-3-4-19(31-21(16)35(32-14)12-18(24)25)33-8-5-22(6-9-33)7-10-34(13-22)20-11-17(23(26,27)28)29-15(2)30-20/h3-4,11,18H,5-10,12-13H2,1-2H3. The third-order valence-electron chi connectivity index (χ3n) is 7.10. The molecule has 5 rings (SSSR count). The molecular weight excluding hydrogens is 469 g/mol. The third kappa shape index (κ3) is 4.62. The SMILES string of the molecule is Cc1nc(N2CCC3(CCN(c4ccc5c(C)nn(CC(F)F)c5n4)CC3)C2)cc(C(F)(F)F)n1. The van der Waals surface area contributed by atoms with Gasteiger partial charge in [-0.1, -0.05) is 0 Å². The lowest BCUT2D eigenvalue weighted by molar-refractivity contribution is -0.141. The summed E-state index contributed by atoms with van der Waals surface area (Å²) in [5.74, 6) is 1.14. The Morgan fingerprint density at radius 3 is 2.29 bits per heavy atom. The molecule has 0 saturated carbocycles. The van der Waals surface area contributed by atoms with E-state index < -0.39 is 24.8 Å². The van der Waals surface area contributed by atoms with Crippen molar-refractivity contribution in [1.29, 1.82) is 0 Å². The zero-order chi connectivity index (χ0) is 25.0. The first-order valence-corrected chi connectivity index (χ1v) is 11.6. The average Bonchev–Trinajstić information content (AvgIpc) is 3.34. The van der Waals surface area contributed by atoms with Crippen molar-refractivity contribution >= 4 is 22.7 Å². The quantitative estimate of drug-likeness (QED) is 0.493. The minimum Gasteiger partial charge on any atom is -0.357 e. The smallest absolute Gasteiger partial charge is 0.357 e. The van der Waals surface area contributed by atoms with Crippen molar-refractivity contribution in [2.75, 3.05) is 36.0 Å². The largest absolute Gasteiger partial charge is 0.433 e. The Hall–Kier alpha value is -3.05. The first-order valence-electron chi connectivity index (χ1n) is 11.6. The first kappa shape index (κ1) is 23.7. The molecule has 1 spiro atoms. The summed E-state index contributed by atoms with van der Waals surface area (Å²) in [7, 11) is 0. The van der Waals surface area contributed by atoms with Gasteiger partial charge >= 0.3 is 6.18 Å². The minimum absolute atomic E-state index is 0.00805. The average molecular weight is 496 g/mol. The number of aryl methyl sites for hydroxylation is 2. The summed E-state index contributed by atoms with van der Waals surface area (Å²) in [4.78, 5) is 16.5. The number of nitrogens with zero attached hydrogens (tertiary/aromatic N) is 7. The lowest BCUT2D eigenvalue weighted by Gasteiger charge is -2.40. The molecule has 0 N–H and O–H groups in total. The molecule has 2 aliphatic rings. The number of hydrogen-bond acceptors (Lipinski definition) is 6. The maximum absolute atomic E-state index is 13.2. The molecule has 2 aliphatic heterocycles. The molecule has 12 heteroatoms. The molecule has 0 aliphatic carbocycles. The van der Waals surface area contributed by atoms with Crippen molar-refractivity contribution in [3.63, 3.8) is 0 Å².